The molecule has 1 aliphatic carbocycles. The Kier molecular flexibility index (Phi) is 4.97. The van der Waals surface area contributed by atoms with E-state index in [1.54, 1.807) is 0 Å². The van der Waals surface area contributed by atoms with E-state index in [1.165, 1.54) is 19.3 Å². The van der Waals surface area contributed by atoms with E-state index < -0.39 is 0 Å². The first-order valence-corrected chi connectivity index (χ1v) is 7.23. The lowest BCUT2D eigenvalue weighted by molar-refractivity contribution is -0.115. The van der Waals surface area contributed by atoms with Gasteiger partial charge in [0, 0.05) is 5.69 Å². The van der Waals surface area contributed by atoms with E-state index in [1.807, 2.05) is 31.2 Å². The number of benzene rings is 1. The monoisotopic (exact) mass is 260 g/mol. The first-order valence-electron chi connectivity index (χ1n) is 7.23. The van der Waals surface area contributed by atoms with Crippen LogP contribution >= 0.6 is 0 Å². The van der Waals surface area contributed by atoms with E-state index in [0.29, 0.717) is 6.54 Å². The Morgan fingerprint density at radius 1 is 1.32 bits per heavy atom. The second-order valence-corrected chi connectivity index (χ2v) is 5.66. The number of aryl methyl sites for hydroxylation is 1. The molecule has 0 bridgehead atoms. The maximum absolute atomic E-state index is 11.8. The SMILES string of the molecule is Cc1ccccc1NC(=O)CNCC1CCCC1C. The molecule has 1 saturated carbocycles. The van der Waals surface area contributed by atoms with Gasteiger partial charge in [-0.1, -0.05) is 38.0 Å². The summed E-state index contributed by atoms with van der Waals surface area (Å²) in [5.74, 6) is 1.58. The topological polar surface area (TPSA) is 41.1 Å². The summed E-state index contributed by atoms with van der Waals surface area (Å²) < 4.78 is 0. The lowest BCUT2D eigenvalue weighted by atomic mass is 9.98. The van der Waals surface area contributed by atoms with Gasteiger partial charge < -0.3 is 10.6 Å². The molecule has 0 saturated heterocycles. The third-order valence-electron chi connectivity index (χ3n) is 4.15. The summed E-state index contributed by atoms with van der Waals surface area (Å²) in [6, 6.07) is 7.86. The van der Waals surface area contributed by atoms with Crippen LogP contribution in [0.25, 0.3) is 0 Å². The molecule has 1 aromatic rings. The number of anilines is 1. The predicted octanol–water partition coefficient (Wildman–Crippen LogP) is 2.96. The minimum atomic E-state index is 0.0416. The highest BCUT2D eigenvalue weighted by Gasteiger charge is 2.22. The van der Waals surface area contributed by atoms with Crippen molar-refractivity contribution in [1.29, 1.82) is 0 Å². The molecule has 2 rings (SSSR count). The number of amides is 1. The van der Waals surface area contributed by atoms with E-state index in [9.17, 15) is 4.79 Å². The van der Waals surface area contributed by atoms with Gasteiger partial charge in [0.1, 0.15) is 0 Å². The van der Waals surface area contributed by atoms with Crippen molar-refractivity contribution in [3.8, 4) is 0 Å². The van der Waals surface area contributed by atoms with Crippen LogP contribution in [0.1, 0.15) is 31.7 Å². The highest BCUT2D eigenvalue weighted by molar-refractivity contribution is 5.92. The molecule has 2 unspecified atom stereocenters. The Bertz CT molecular complexity index is 431. The van der Waals surface area contributed by atoms with Crippen molar-refractivity contribution in [2.45, 2.75) is 33.1 Å². The van der Waals surface area contributed by atoms with Gasteiger partial charge in [-0.25, -0.2) is 0 Å². The van der Waals surface area contributed by atoms with Gasteiger partial charge in [0.25, 0.3) is 0 Å². The molecule has 1 aromatic carbocycles. The highest BCUT2D eigenvalue weighted by atomic mass is 16.1. The molecule has 0 aromatic heterocycles. The molecular formula is C16H24N2O. The summed E-state index contributed by atoms with van der Waals surface area (Å²) in [4.78, 5) is 11.8. The van der Waals surface area contributed by atoms with Crippen LogP contribution in [0.5, 0.6) is 0 Å². The number of hydrogen-bond acceptors (Lipinski definition) is 2. The molecule has 1 aliphatic rings. The van der Waals surface area contributed by atoms with Gasteiger partial charge in [0.2, 0.25) is 5.91 Å². The standard InChI is InChI=1S/C16H24N2O/c1-12-7-5-8-14(12)10-17-11-16(19)18-15-9-4-3-6-13(15)2/h3-4,6,9,12,14,17H,5,7-8,10-11H2,1-2H3,(H,18,19). The third kappa shape index (κ3) is 4.06. The number of hydrogen-bond donors (Lipinski definition) is 2. The second-order valence-electron chi connectivity index (χ2n) is 5.66. The fourth-order valence-electron chi connectivity index (χ4n) is 2.80. The zero-order chi connectivity index (χ0) is 13.7. The first-order chi connectivity index (χ1) is 9.16. The Labute approximate surface area is 115 Å². The average molecular weight is 260 g/mol. The zero-order valence-corrected chi connectivity index (χ0v) is 11.9. The largest absolute Gasteiger partial charge is 0.325 e. The molecule has 19 heavy (non-hydrogen) atoms. The summed E-state index contributed by atoms with van der Waals surface area (Å²) in [6.07, 6.45) is 3.97. The molecule has 1 amide bonds. The van der Waals surface area contributed by atoms with Gasteiger partial charge in [-0.3, -0.25) is 4.79 Å². The van der Waals surface area contributed by atoms with Crippen molar-refractivity contribution in [2.75, 3.05) is 18.4 Å². The van der Waals surface area contributed by atoms with Gasteiger partial charge in [-0.05, 0) is 43.4 Å². The minimum absolute atomic E-state index is 0.0416. The van der Waals surface area contributed by atoms with Crippen LogP contribution in [0.15, 0.2) is 24.3 Å². The van der Waals surface area contributed by atoms with Gasteiger partial charge in [-0.2, -0.15) is 0 Å². The zero-order valence-electron chi connectivity index (χ0n) is 11.9. The van der Waals surface area contributed by atoms with Crippen molar-refractivity contribution in [3.63, 3.8) is 0 Å². The molecule has 3 heteroatoms. The average Bonchev–Trinajstić information content (AvgIpc) is 2.78. The summed E-state index contributed by atoms with van der Waals surface area (Å²) in [7, 11) is 0. The lowest BCUT2D eigenvalue weighted by Gasteiger charge is -2.16. The maximum atomic E-state index is 11.8. The Hall–Kier alpha value is -1.35. The van der Waals surface area contributed by atoms with Crippen LogP contribution in [0.4, 0.5) is 5.69 Å². The van der Waals surface area contributed by atoms with E-state index >= 15 is 0 Å². The van der Waals surface area contributed by atoms with E-state index in [0.717, 1.165) is 29.6 Å². The fraction of sp³-hybridized carbons (Fsp3) is 0.562. The van der Waals surface area contributed by atoms with E-state index in [4.69, 9.17) is 0 Å². The predicted molar refractivity (Wildman–Crippen MR) is 79.2 cm³/mol. The van der Waals surface area contributed by atoms with Crippen molar-refractivity contribution < 1.29 is 4.79 Å². The van der Waals surface area contributed by atoms with Crippen LogP contribution in [-0.2, 0) is 4.79 Å². The Morgan fingerprint density at radius 2 is 2.11 bits per heavy atom. The Balaban J connectivity index is 1.72. The van der Waals surface area contributed by atoms with Crippen molar-refractivity contribution >= 4 is 11.6 Å². The number of carbonyl (C=O) groups excluding carboxylic acids is 1. The van der Waals surface area contributed by atoms with E-state index in [2.05, 4.69) is 17.6 Å². The molecule has 0 spiro atoms. The van der Waals surface area contributed by atoms with Crippen LogP contribution in [0, 0.1) is 18.8 Å². The first kappa shape index (κ1) is 14.1. The quantitative estimate of drug-likeness (QED) is 0.854. The molecule has 0 aliphatic heterocycles. The summed E-state index contributed by atoms with van der Waals surface area (Å²) in [6.45, 7) is 5.68. The van der Waals surface area contributed by atoms with Crippen molar-refractivity contribution in [1.82, 2.24) is 5.32 Å². The number of nitrogens with one attached hydrogen (secondary N) is 2. The van der Waals surface area contributed by atoms with Crippen molar-refractivity contribution in [3.05, 3.63) is 29.8 Å². The molecule has 2 atom stereocenters. The molecular weight excluding hydrogens is 236 g/mol. The highest BCUT2D eigenvalue weighted by Crippen LogP contribution is 2.30. The number of carbonyl (C=O) groups is 1. The smallest absolute Gasteiger partial charge is 0.238 e. The summed E-state index contributed by atoms with van der Waals surface area (Å²) in [5, 5.41) is 6.23. The van der Waals surface area contributed by atoms with Crippen LogP contribution < -0.4 is 10.6 Å². The maximum Gasteiger partial charge on any atom is 0.238 e. The van der Waals surface area contributed by atoms with Crippen LogP contribution in [-0.4, -0.2) is 19.0 Å². The van der Waals surface area contributed by atoms with Gasteiger partial charge >= 0.3 is 0 Å². The molecule has 104 valence electrons. The second kappa shape index (κ2) is 6.71. The molecule has 0 radical (unpaired) electrons. The lowest BCUT2D eigenvalue weighted by Crippen LogP contribution is -2.32. The fourth-order valence-corrected chi connectivity index (χ4v) is 2.80. The van der Waals surface area contributed by atoms with Gasteiger partial charge in [-0.15, -0.1) is 0 Å². The summed E-state index contributed by atoms with van der Waals surface area (Å²) in [5.41, 5.74) is 2.00. The van der Waals surface area contributed by atoms with Crippen molar-refractivity contribution in [2.24, 2.45) is 11.8 Å². The third-order valence-corrected chi connectivity index (χ3v) is 4.15. The van der Waals surface area contributed by atoms with Gasteiger partial charge in [0.15, 0.2) is 0 Å². The van der Waals surface area contributed by atoms with E-state index in [-0.39, 0.29) is 5.91 Å². The molecule has 1 fully saturated rings. The minimum Gasteiger partial charge on any atom is -0.325 e. The molecule has 3 nitrogen and oxygen atoms in total. The van der Waals surface area contributed by atoms with Gasteiger partial charge in [0.05, 0.1) is 6.54 Å². The molecule has 2 N–H and O–H groups in total. The van der Waals surface area contributed by atoms with Crippen LogP contribution in [0.3, 0.4) is 0 Å². The summed E-state index contributed by atoms with van der Waals surface area (Å²) >= 11 is 0. The Morgan fingerprint density at radius 3 is 2.79 bits per heavy atom. The normalized spacial score (nSPS) is 22.4. The number of rotatable bonds is 5. The number of para-hydroxylation sites is 1. The molecule has 0 heterocycles. The van der Waals surface area contributed by atoms with Crippen LogP contribution in [0.2, 0.25) is 0 Å².